The summed E-state index contributed by atoms with van der Waals surface area (Å²) >= 11 is 1.77. The lowest BCUT2D eigenvalue weighted by Crippen LogP contribution is -2.36. The van der Waals surface area contributed by atoms with Gasteiger partial charge in [-0.15, -0.1) is 11.3 Å². The largest absolute Gasteiger partial charge is 0.468 e. The second kappa shape index (κ2) is 5.82. The highest BCUT2D eigenvalue weighted by molar-refractivity contribution is 7.11. The summed E-state index contributed by atoms with van der Waals surface area (Å²) in [6.45, 7) is 3.38. The van der Waals surface area contributed by atoms with Crippen molar-refractivity contribution >= 4 is 17.3 Å². The van der Waals surface area contributed by atoms with Gasteiger partial charge in [0.1, 0.15) is 6.04 Å². The van der Waals surface area contributed by atoms with Crippen molar-refractivity contribution in [2.75, 3.05) is 13.7 Å². The number of β-amino-alcohol motifs (C(OH)–C–C–N with tert-alkyl or cyclic N) is 1. The first-order valence-electron chi connectivity index (χ1n) is 6.21. The minimum atomic E-state index is -0.431. The van der Waals surface area contributed by atoms with Crippen LogP contribution in [0.2, 0.25) is 0 Å². The highest BCUT2D eigenvalue weighted by atomic mass is 32.1. The molecule has 0 saturated carbocycles. The Bertz CT molecular complexity index is 418. The maximum atomic E-state index is 11.7. The Hall–Kier alpha value is -0.910. The van der Waals surface area contributed by atoms with Gasteiger partial charge in [0.2, 0.25) is 0 Å². The van der Waals surface area contributed by atoms with Gasteiger partial charge < -0.3 is 9.84 Å². The minimum Gasteiger partial charge on any atom is -0.468 e. The van der Waals surface area contributed by atoms with Crippen molar-refractivity contribution in [3.8, 4) is 0 Å². The van der Waals surface area contributed by atoms with Crippen LogP contribution in [0, 0.1) is 0 Å². The summed E-state index contributed by atoms with van der Waals surface area (Å²) in [5, 5.41) is 9.70. The number of rotatable bonds is 4. The van der Waals surface area contributed by atoms with Gasteiger partial charge in [-0.25, -0.2) is 0 Å². The zero-order chi connectivity index (χ0) is 13.1. The van der Waals surface area contributed by atoms with Crippen LogP contribution in [0.1, 0.15) is 23.1 Å². The van der Waals surface area contributed by atoms with E-state index in [1.54, 1.807) is 11.3 Å². The van der Waals surface area contributed by atoms with E-state index >= 15 is 0 Å². The van der Waals surface area contributed by atoms with Gasteiger partial charge in [0.25, 0.3) is 0 Å². The van der Waals surface area contributed by atoms with Crippen molar-refractivity contribution in [2.45, 2.75) is 38.5 Å². The standard InChI is InChI=1S/C13H19NO3S/c1-3-10-4-5-11(18-10)8-14-7-9(15)6-12(14)13(16)17-2/h4-5,9,12,15H,3,6-8H2,1-2H3. The van der Waals surface area contributed by atoms with Crippen LogP contribution in [-0.2, 0) is 22.5 Å². The molecule has 4 nitrogen and oxygen atoms in total. The van der Waals surface area contributed by atoms with Gasteiger partial charge in [-0.1, -0.05) is 6.92 Å². The number of aryl methyl sites for hydroxylation is 1. The van der Waals surface area contributed by atoms with E-state index in [9.17, 15) is 9.90 Å². The molecular formula is C13H19NO3S. The average Bonchev–Trinajstić information content (AvgIpc) is 2.95. The number of thiophene rings is 1. The first kappa shape index (κ1) is 13.5. The number of carbonyl (C=O) groups is 1. The van der Waals surface area contributed by atoms with Gasteiger partial charge in [-0.05, 0) is 18.6 Å². The molecule has 1 saturated heterocycles. The number of ether oxygens (including phenoxy) is 1. The zero-order valence-electron chi connectivity index (χ0n) is 10.8. The normalized spacial score (nSPS) is 24.4. The van der Waals surface area contributed by atoms with Crippen LogP contribution in [0.15, 0.2) is 12.1 Å². The van der Waals surface area contributed by atoms with E-state index in [2.05, 4.69) is 19.1 Å². The molecule has 1 aromatic heterocycles. The summed E-state index contributed by atoms with van der Waals surface area (Å²) in [6.07, 6.45) is 1.08. The Morgan fingerprint density at radius 2 is 2.28 bits per heavy atom. The molecule has 18 heavy (non-hydrogen) atoms. The van der Waals surface area contributed by atoms with Crippen LogP contribution in [0.4, 0.5) is 0 Å². The highest BCUT2D eigenvalue weighted by Gasteiger charge is 2.36. The van der Waals surface area contributed by atoms with Crippen molar-refractivity contribution in [3.05, 3.63) is 21.9 Å². The van der Waals surface area contributed by atoms with Gasteiger partial charge in [0.05, 0.1) is 13.2 Å². The molecule has 0 spiro atoms. The number of aliphatic hydroxyl groups is 1. The summed E-state index contributed by atoms with van der Waals surface area (Å²) in [5.74, 6) is -0.251. The smallest absolute Gasteiger partial charge is 0.323 e. The van der Waals surface area contributed by atoms with E-state index in [1.165, 1.54) is 16.9 Å². The lowest BCUT2D eigenvalue weighted by Gasteiger charge is -2.21. The minimum absolute atomic E-state index is 0.251. The molecule has 2 heterocycles. The molecule has 0 aliphatic carbocycles. The van der Waals surface area contributed by atoms with E-state index < -0.39 is 6.10 Å². The fourth-order valence-electron chi connectivity index (χ4n) is 2.33. The van der Waals surface area contributed by atoms with E-state index in [4.69, 9.17) is 4.74 Å². The van der Waals surface area contributed by atoms with E-state index in [-0.39, 0.29) is 12.0 Å². The fraction of sp³-hybridized carbons (Fsp3) is 0.615. The van der Waals surface area contributed by atoms with Crippen LogP contribution in [0.25, 0.3) is 0 Å². The van der Waals surface area contributed by atoms with Crippen molar-refractivity contribution in [1.29, 1.82) is 0 Å². The number of carbonyl (C=O) groups excluding carboxylic acids is 1. The van der Waals surface area contributed by atoms with Crippen LogP contribution in [0.5, 0.6) is 0 Å². The highest BCUT2D eigenvalue weighted by Crippen LogP contribution is 2.25. The first-order valence-corrected chi connectivity index (χ1v) is 7.03. The molecule has 2 rings (SSSR count). The third-order valence-corrected chi connectivity index (χ3v) is 4.49. The summed E-state index contributed by atoms with van der Waals surface area (Å²) in [4.78, 5) is 16.2. The molecule has 2 unspecified atom stereocenters. The van der Waals surface area contributed by atoms with Gasteiger partial charge in [0.15, 0.2) is 0 Å². The SMILES string of the molecule is CCc1ccc(CN2CC(O)CC2C(=O)OC)s1. The van der Waals surface area contributed by atoms with Crippen molar-refractivity contribution in [1.82, 2.24) is 4.90 Å². The van der Waals surface area contributed by atoms with Crippen LogP contribution in [-0.4, -0.2) is 41.8 Å². The molecule has 0 radical (unpaired) electrons. The van der Waals surface area contributed by atoms with Gasteiger partial charge in [-0.3, -0.25) is 9.69 Å². The number of likely N-dealkylation sites (tertiary alicyclic amines) is 1. The Labute approximate surface area is 111 Å². The van der Waals surface area contributed by atoms with Crippen LogP contribution in [0.3, 0.4) is 0 Å². The summed E-state index contributed by atoms with van der Waals surface area (Å²) in [7, 11) is 1.39. The Balaban J connectivity index is 2.04. The van der Waals surface area contributed by atoms with E-state index in [0.717, 1.165) is 6.42 Å². The third-order valence-electron chi connectivity index (χ3n) is 3.28. The lowest BCUT2D eigenvalue weighted by atomic mass is 10.2. The third kappa shape index (κ3) is 2.91. The summed E-state index contributed by atoms with van der Waals surface area (Å²) in [6, 6.07) is 3.92. The Morgan fingerprint density at radius 3 is 2.89 bits per heavy atom. The summed E-state index contributed by atoms with van der Waals surface area (Å²) < 4.78 is 4.79. The predicted molar refractivity (Wildman–Crippen MR) is 70.5 cm³/mol. The van der Waals surface area contributed by atoms with Crippen molar-refractivity contribution < 1.29 is 14.6 Å². The zero-order valence-corrected chi connectivity index (χ0v) is 11.6. The maximum Gasteiger partial charge on any atom is 0.323 e. The fourth-order valence-corrected chi connectivity index (χ4v) is 3.32. The monoisotopic (exact) mass is 269 g/mol. The molecule has 0 aromatic carbocycles. The van der Waals surface area contributed by atoms with Gasteiger partial charge >= 0.3 is 5.97 Å². The van der Waals surface area contributed by atoms with Crippen molar-refractivity contribution in [2.24, 2.45) is 0 Å². The molecule has 0 amide bonds. The second-order valence-corrected chi connectivity index (χ2v) is 5.83. The number of hydrogen-bond donors (Lipinski definition) is 1. The summed E-state index contributed by atoms with van der Waals surface area (Å²) in [5.41, 5.74) is 0. The number of aliphatic hydroxyl groups excluding tert-OH is 1. The van der Waals surface area contributed by atoms with Gasteiger partial charge in [-0.2, -0.15) is 0 Å². The molecule has 2 atom stereocenters. The van der Waals surface area contributed by atoms with Crippen LogP contribution < -0.4 is 0 Å². The maximum absolute atomic E-state index is 11.7. The number of hydrogen-bond acceptors (Lipinski definition) is 5. The first-order chi connectivity index (χ1) is 8.63. The molecule has 5 heteroatoms. The van der Waals surface area contributed by atoms with Crippen LogP contribution >= 0.6 is 11.3 Å². The number of esters is 1. The van der Waals surface area contributed by atoms with Gasteiger partial charge in [0, 0.05) is 29.3 Å². The Morgan fingerprint density at radius 1 is 1.56 bits per heavy atom. The van der Waals surface area contributed by atoms with E-state index in [1.807, 2.05) is 4.90 Å². The molecule has 1 aromatic rings. The molecule has 1 aliphatic heterocycles. The van der Waals surface area contributed by atoms with E-state index in [0.29, 0.717) is 19.5 Å². The lowest BCUT2D eigenvalue weighted by molar-refractivity contribution is -0.146. The molecule has 1 fully saturated rings. The molecule has 100 valence electrons. The Kier molecular flexibility index (Phi) is 4.37. The molecule has 1 aliphatic rings. The number of methoxy groups -OCH3 is 1. The molecular weight excluding hydrogens is 250 g/mol. The quantitative estimate of drug-likeness (QED) is 0.840. The topological polar surface area (TPSA) is 49.8 Å². The average molecular weight is 269 g/mol. The number of nitrogens with zero attached hydrogens (tertiary/aromatic N) is 1. The van der Waals surface area contributed by atoms with Crippen molar-refractivity contribution in [3.63, 3.8) is 0 Å². The second-order valence-electron chi connectivity index (χ2n) is 4.58. The predicted octanol–water partition coefficient (Wildman–Crippen LogP) is 1.42. The molecule has 0 bridgehead atoms. The molecule has 1 N–H and O–H groups in total.